The average molecular weight is 381 g/mol. The normalized spacial score (nSPS) is 11.6. The highest BCUT2D eigenvalue weighted by molar-refractivity contribution is 7.86. The Labute approximate surface area is 156 Å². The summed E-state index contributed by atoms with van der Waals surface area (Å²) < 4.78 is 32.4. The molecule has 0 atom stereocenters. The summed E-state index contributed by atoms with van der Waals surface area (Å²) in [6.07, 6.45) is 3.16. The van der Waals surface area contributed by atoms with Crippen molar-refractivity contribution in [2.45, 2.75) is 4.90 Å². The summed E-state index contributed by atoms with van der Waals surface area (Å²) in [5, 5.41) is 10.8. The van der Waals surface area contributed by atoms with E-state index in [-0.39, 0.29) is 5.56 Å². The molecule has 0 aliphatic heterocycles. The summed E-state index contributed by atoms with van der Waals surface area (Å²) >= 11 is 0. The van der Waals surface area contributed by atoms with Crippen LogP contribution in [-0.4, -0.2) is 17.9 Å². The maximum atomic E-state index is 11.5. The van der Waals surface area contributed by atoms with Crippen molar-refractivity contribution in [2.75, 3.05) is 0 Å². The highest BCUT2D eigenvalue weighted by atomic mass is 32.2. The Balaban J connectivity index is 1.91. The maximum absolute atomic E-state index is 11.5. The number of rotatable bonds is 5. The van der Waals surface area contributed by atoms with E-state index in [1.165, 1.54) is 18.2 Å². The number of hydrogen-bond donors (Lipinski definition) is 1. The molecule has 0 radical (unpaired) electrons. The SMILES string of the molecule is O=[N+]([O-])c1ccc(C=Cc2ccc(-c3ccccc3)cc2)c(S(=O)(=O)O)c1. The second-order valence-corrected chi connectivity index (χ2v) is 7.17. The van der Waals surface area contributed by atoms with Gasteiger partial charge < -0.3 is 0 Å². The molecule has 0 aromatic heterocycles. The van der Waals surface area contributed by atoms with Crippen LogP contribution >= 0.6 is 0 Å². The Morgan fingerprint density at radius 2 is 1.48 bits per heavy atom. The highest BCUT2D eigenvalue weighted by Crippen LogP contribution is 2.25. The average Bonchev–Trinajstić information content (AvgIpc) is 2.66. The highest BCUT2D eigenvalue weighted by Gasteiger charge is 2.18. The molecule has 0 amide bonds. The van der Waals surface area contributed by atoms with Gasteiger partial charge in [-0.2, -0.15) is 8.42 Å². The summed E-state index contributed by atoms with van der Waals surface area (Å²) in [6, 6.07) is 20.8. The standard InChI is InChI=1S/C20H15NO5S/c22-21(23)19-13-12-18(20(14-19)27(24,25)26)11-8-15-6-9-17(10-7-15)16-4-2-1-3-5-16/h1-14H,(H,24,25,26). The van der Waals surface area contributed by atoms with Gasteiger partial charge in [0, 0.05) is 12.1 Å². The van der Waals surface area contributed by atoms with Crippen LogP contribution in [0.15, 0.2) is 77.7 Å². The summed E-state index contributed by atoms with van der Waals surface area (Å²) in [5.41, 5.74) is 2.69. The largest absolute Gasteiger partial charge is 0.295 e. The van der Waals surface area contributed by atoms with Crippen LogP contribution in [0, 0.1) is 10.1 Å². The molecule has 27 heavy (non-hydrogen) atoms. The van der Waals surface area contributed by atoms with Gasteiger partial charge in [0.05, 0.1) is 4.92 Å². The van der Waals surface area contributed by atoms with Crippen molar-refractivity contribution in [3.63, 3.8) is 0 Å². The van der Waals surface area contributed by atoms with Crippen molar-refractivity contribution >= 4 is 28.0 Å². The number of benzene rings is 3. The van der Waals surface area contributed by atoms with Gasteiger partial charge in [0.2, 0.25) is 0 Å². The van der Waals surface area contributed by atoms with Crippen molar-refractivity contribution in [1.82, 2.24) is 0 Å². The Bertz CT molecular complexity index is 1100. The van der Waals surface area contributed by atoms with E-state index in [9.17, 15) is 23.1 Å². The molecule has 0 saturated carbocycles. The van der Waals surface area contributed by atoms with Gasteiger partial charge in [0.15, 0.2) is 0 Å². The van der Waals surface area contributed by atoms with E-state index < -0.39 is 25.6 Å². The first-order valence-corrected chi connectivity index (χ1v) is 9.38. The predicted octanol–water partition coefficient (Wildman–Crippen LogP) is 4.68. The number of hydrogen-bond acceptors (Lipinski definition) is 4. The Kier molecular flexibility index (Phi) is 5.16. The van der Waals surface area contributed by atoms with E-state index in [1.807, 2.05) is 54.6 Å². The van der Waals surface area contributed by atoms with Gasteiger partial charge in [-0.1, -0.05) is 66.7 Å². The summed E-state index contributed by atoms with van der Waals surface area (Å²) in [7, 11) is -4.59. The van der Waals surface area contributed by atoms with E-state index in [2.05, 4.69) is 0 Å². The third-order valence-electron chi connectivity index (χ3n) is 3.96. The van der Waals surface area contributed by atoms with Gasteiger partial charge in [-0.3, -0.25) is 14.7 Å². The molecule has 1 N–H and O–H groups in total. The second kappa shape index (κ2) is 7.53. The zero-order valence-electron chi connectivity index (χ0n) is 14.0. The van der Waals surface area contributed by atoms with Crippen molar-refractivity contribution in [3.05, 3.63) is 94.0 Å². The number of nitrogens with zero attached hydrogens (tertiary/aromatic N) is 1. The van der Waals surface area contributed by atoms with Gasteiger partial charge in [-0.05, 0) is 28.3 Å². The van der Waals surface area contributed by atoms with Crippen molar-refractivity contribution in [1.29, 1.82) is 0 Å². The molecule has 0 aliphatic rings. The monoisotopic (exact) mass is 381 g/mol. The molecule has 6 nitrogen and oxygen atoms in total. The minimum atomic E-state index is -4.59. The smallest absolute Gasteiger partial charge is 0.282 e. The van der Waals surface area contributed by atoms with Crippen LogP contribution in [0.2, 0.25) is 0 Å². The van der Waals surface area contributed by atoms with E-state index in [1.54, 1.807) is 6.08 Å². The molecular weight excluding hydrogens is 366 g/mol. The third-order valence-corrected chi connectivity index (χ3v) is 4.87. The predicted molar refractivity (Wildman–Crippen MR) is 104 cm³/mol. The Morgan fingerprint density at radius 1 is 0.852 bits per heavy atom. The molecule has 3 aromatic carbocycles. The number of non-ortho nitro benzene ring substituents is 1. The molecule has 0 spiro atoms. The van der Waals surface area contributed by atoms with Gasteiger partial charge in [-0.25, -0.2) is 0 Å². The van der Waals surface area contributed by atoms with Crippen LogP contribution in [0.4, 0.5) is 5.69 Å². The van der Waals surface area contributed by atoms with Crippen LogP contribution in [0.1, 0.15) is 11.1 Å². The van der Waals surface area contributed by atoms with Crippen LogP contribution in [0.25, 0.3) is 23.3 Å². The molecule has 0 aliphatic carbocycles. The van der Waals surface area contributed by atoms with E-state index in [0.29, 0.717) is 0 Å². The molecule has 136 valence electrons. The summed E-state index contributed by atoms with van der Waals surface area (Å²) in [5.74, 6) is 0. The quantitative estimate of drug-likeness (QED) is 0.299. The number of nitro benzene ring substituents is 1. The molecule has 3 aromatic rings. The van der Waals surface area contributed by atoms with Crippen molar-refractivity contribution in [3.8, 4) is 11.1 Å². The first-order valence-electron chi connectivity index (χ1n) is 7.94. The molecule has 0 fully saturated rings. The van der Waals surface area contributed by atoms with Crippen LogP contribution < -0.4 is 0 Å². The maximum Gasteiger partial charge on any atom is 0.295 e. The van der Waals surface area contributed by atoms with E-state index in [4.69, 9.17) is 0 Å². The molecule has 0 bridgehead atoms. The number of nitro groups is 1. The Hall–Kier alpha value is -3.29. The fraction of sp³-hybridized carbons (Fsp3) is 0. The molecule has 0 heterocycles. The van der Waals surface area contributed by atoms with E-state index >= 15 is 0 Å². The van der Waals surface area contributed by atoms with Gasteiger partial charge in [0.1, 0.15) is 4.90 Å². The summed E-state index contributed by atoms with van der Waals surface area (Å²) in [4.78, 5) is 9.61. The van der Waals surface area contributed by atoms with Crippen LogP contribution in [0.3, 0.4) is 0 Å². The fourth-order valence-electron chi connectivity index (χ4n) is 2.60. The van der Waals surface area contributed by atoms with Crippen molar-refractivity contribution < 1.29 is 17.9 Å². The minimum Gasteiger partial charge on any atom is -0.282 e. The lowest BCUT2D eigenvalue weighted by Crippen LogP contribution is -2.02. The lowest BCUT2D eigenvalue weighted by Gasteiger charge is -2.04. The molecule has 0 saturated heterocycles. The third kappa shape index (κ3) is 4.46. The first kappa shape index (κ1) is 18.5. The Morgan fingerprint density at radius 3 is 2.07 bits per heavy atom. The van der Waals surface area contributed by atoms with E-state index in [0.717, 1.165) is 22.8 Å². The van der Waals surface area contributed by atoms with Gasteiger partial charge >= 0.3 is 0 Å². The van der Waals surface area contributed by atoms with Crippen LogP contribution in [-0.2, 0) is 10.1 Å². The van der Waals surface area contributed by atoms with Gasteiger partial charge in [-0.15, -0.1) is 0 Å². The first-order chi connectivity index (χ1) is 12.8. The molecule has 7 heteroatoms. The lowest BCUT2D eigenvalue weighted by atomic mass is 10.0. The molecule has 0 unspecified atom stereocenters. The molecular formula is C20H15NO5S. The lowest BCUT2D eigenvalue weighted by molar-refractivity contribution is -0.385. The zero-order valence-corrected chi connectivity index (χ0v) is 14.8. The zero-order chi connectivity index (χ0) is 19.4. The second-order valence-electron chi connectivity index (χ2n) is 5.78. The minimum absolute atomic E-state index is 0.162. The topological polar surface area (TPSA) is 97.5 Å². The van der Waals surface area contributed by atoms with Gasteiger partial charge in [0.25, 0.3) is 15.8 Å². The fourth-order valence-corrected chi connectivity index (χ4v) is 3.30. The molecule has 3 rings (SSSR count). The summed E-state index contributed by atoms with van der Waals surface area (Å²) in [6.45, 7) is 0. The van der Waals surface area contributed by atoms with Crippen molar-refractivity contribution in [2.24, 2.45) is 0 Å². The van der Waals surface area contributed by atoms with Crippen LogP contribution in [0.5, 0.6) is 0 Å².